The molecule has 0 aromatic heterocycles. The van der Waals surface area contributed by atoms with Gasteiger partial charge in [0.05, 0.1) is 0 Å². The van der Waals surface area contributed by atoms with Gasteiger partial charge in [-0.1, -0.05) is 37.3 Å². The predicted octanol–water partition coefficient (Wildman–Crippen LogP) is 2.70. The van der Waals surface area contributed by atoms with Gasteiger partial charge >= 0.3 is 6.09 Å². The van der Waals surface area contributed by atoms with Crippen LogP contribution in [0.5, 0.6) is 0 Å². The molecule has 0 unspecified atom stereocenters. The van der Waals surface area contributed by atoms with Crippen LogP contribution in [0, 0.1) is 0 Å². The summed E-state index contributed by atoms with van der Waals surface area (Å²) in [7, 11) is 0. The van der Waals surface area contributed by atoms with Crippen molar-refractivity contribution in [2.45, 2.75) is 51.8 Å². The number of carbonyl (C=O) groups excluding carboxylic acids is 2. The Morgan fingerprint density at radius 3 is 2.77 bits per heavy atom. The summed E-state index contributed by atoms with van der Waals surface area (Å²) in [5.41, 5.74) is 0.940. The van der Waals surface area contributed by atoms with Gasteiger partial charge in [-0.05, 0) is 31.7 Å². The first-order chi connectivity index (χ1) is 10.6. The van der Waals surface area contributed by atoms with E-state index in [9.17, 15) is 9.59 Å². The van der Waals surface area contributed by atoms with Crippen molar-refractivity contribution in [1.82, 2.24) is 10.2 Å². The fourth-order valence-corrected chi connectivity index (χ4v) is 2.50. The fourth-order valence-electron chi connectivity index (χ4n) is 2.50. The highest BCUT2D eigenvalue weighted by Crippen LogP contribution is 2.19. The molecule has 2 amide bonds. The van der Waals surface area contributed by atoms with Crippen LogP contribution in [0.2, 0.25) is 0 Å². The molecule has 0 aliphatic carbocycles. The Hall–Kier alpha value is -2.04. The third-order valence-electron chi connectivity index (χ3n) is 4.00. The number of hydrogen-bond donors (Lipinski definition) is 1. The predicted molar refractivity (Wildman–Crippen MR) is 84.3 cm³/mol. The summed E-state index contributed by atoms with van der Waals surface area (Å²) in [4.78, 5) is 26.0. The first-order valence-electron chi connectivity index (χ1n) is 7.89. The van der Waals surface area contributed by atoms with E-state index in [1.165, 1.54) is 0 Å². The van der Waals surface area contributed by atoms with Crippen LogP contribution in [0.25, 0.3) is 0 Å². The lowest BCUT2D eigenvalue weighted by molar-refractivity contribution is -0.125. The summed E-state index contributed by atoms with van der Waals surface area (Å²) in [6.07, 6.45) is 1.99. The van der Waals surface area contributed by atoms with E-state index in [4.69, 9.17) is 4.74 Å². The summed E-state index contributed by atoms with van der Waals surface area (Å²) in [6, 6.07) is 9.26. The zero-order valence-electron chi connectivity index (χ0n) is 13.2. The molecule has 1 saturated heterocycles. The number of likely N-dealkylation sites (tertiary alicyclic amines) is 1. The van der Waals surface area contributed by atoms with Crippen molar-refractivity contribution >= 4 is 12.0 Å². The highest BCUT2D eigenvalue weighted by molar-refractivity contribution is 5.86. The van der Waals surface area contributed by atoms with Crippen molar-refractivity contribution in [3.63, 3.8) is 0 Å². The molecule has 1 aromatic carbocycles. The quantitative estimate of drug-likeness (QED) is 0.910. The molecule has 0 saturated carbocycles. The van der Waals surface area contributed by atoms with Crippen LogP contribution in [0.15, 0.2) is 30.3 Å². The Labute approximate surface area is 131 Å². The van der Waals surface area contributed by atoms with Crippen LogP contribution in [-0.4, -0.2) is 35.5 Å². The molecular formula is C17H24N2O3. The maximum atomic E-state index is 12.2. The van der Waals surface area contributed by atoms with E-state index in [2.05, 4.69) is 5.32 Å². The minimum atomic E-state index is -0.411. The third-order valence-corrected chi connectivity index (χ3v) is 4.00. The lowest BCUT2D eigenvalue weighted by atomic mass is 10.2. The number of amides is 2. The second-order valence-electron chi connectivity index (χ2n) is 5.71. The monoisotopic (exact) mass is 304 g/mol. The normalized spacial score (nSPS) is 18.8. The van der Waals surface area contributed by atoms with Crippen molar-refractivity contribution in [3.8, 4) is 0 Å². The second-order valence-corrected chi connectivity index (χ2v) is 5.71. The lowest BCUT2D eigenvalue weighted by Gasteiger charge is -2.24. The molecule has 1 aliphatic rings. The molecule has 1 heterocycles. The van der Waals surface area contributed by atoms with Crippen molar-refractivity contribution < 1.29 is 14.3 Å². The first kappa shape index (κ1) is 16.3. The molecule has 1 fully saturated rings. The SMILES string of the molecule is CC[C@H](C)NC(=O)[C@@H]1CCCN1C(=O)OCc1ccccc1. The Kier molecular flexibility index (Phi) is 5.81. The number of hydrogen-bond acceptors (Lipinski definition) is 3. The van der Waals surface area contributed by atoms with E-state index in [0.717, 1.165) is 18.4 Å². The number of benzene rings is 1. The highest BCUT2D eigenvalue weighted by atomic mass is 16.6. The first-order valence-corrected chi connectivity index (χ1v) is 7.89. The van der Waals surface area contributed by atoms with Gasteiger partial charge in [-0.25, -0.2) is 4.79 Å². The van der Waals surface area contributed by atoms with Crippen LogP contribution in [0.1, 0.15) is 38.7 Å². The molecule has 22 heavy (non-hydrogen) atoms. The molecule has 0 spiro atoms. The largest absolute Gasteiger partial charge is 0.445 e. The number of nitrogens with one attached hydrogen (secondary N) is 1. The molecule has 5 nitrogen and oxygen atoms in total. The Bertz CT molecular complexity index is 504. The summed E-state index contributed by atoms with van der Waals surface area (Å²) < 4.78 is 5.33. The van der Waals surface area contributed by atoms with Gasteiger partial charge in [0.1, 0.15) is 12.6 Å². The van der Waals surface area contributed by atoms with E-state index in [-0.39, 0.29) is 18.6 Å². The summed E-state index contributed by atoms with van der Waals surface area (Å²) in [5.74, 6) is -0.0801. The van der Waals surface area contributed by atoms with Crippen molar-refractivity contribution in [1.29, 1.82) is 0 Å². The Morgan fingerprint density at radius 1 is 1.36 bits per heavy atom. The van der Waals surface area contributed by atoms with Gasteiger partial charge in [0, 0.05) is 12.6 Å². The topological polar surface area (TPSA) is 58.6 Å². The molecule has 1 aromatic rings. The smallest absolute Gasteiger partial charge is 0.410 e. The minimum absolute atomic E-state index is 0.0801. The fraction of sp³-hybridized carbons (Fsp3) is 0.529. The van der Waals surface area contributed by atoms with Crippen LogP contribution in [0.4, 0.5) is 4.79 Å². The number of carbonyl (C=O) groups is 2. The summed E-state index contributed by atoms with van der Waals surface area (Å²) in [6.45, 7) is 4.79. The second kappa shape index (κ2) is 7.82. The summed E-state index contributed by atoms with van der Waals surface area (Å²) >= 11 is 0. The molecule has 2 atom stereocenters. The molecule has 2 rings (SSSR count). The van der Waals surface area contributed by atoms with Crippen molar-refractivity contribution in [3.05, 3.63) is 35.9 Å². The zero-order valence-corrected chi connectivity index (χ0v) is 13.2. The summed E-state index contributed by atoms with van der Waals surface area (Å²) in [5, 5.41) is 2.94. The number of nitrogens with zero attached hydrogens (tertiary/aromatic N) is 1. The highest BCUT2D eigenvalue weighted by Gasteiger charge is 2.35. The molecule has 5 heteroatoms. The van der Waals surface area contributed by atoms with E-state index >= 15 is 0 Å². The average molecular weight is 304 g/mol. The maximum absolute atomic E-state index is 12.2. The van der Waals surface area contributed by atoms with Gasteiger partial charge in [0.15, 0.2) is 0 Å². The van der Waals surface area contributed by atoms with E-state index in [0.29, 0.717) is 13.0 Å². The van der Waals surface area contributed by atoms with Gasteiger partial charge in [-0.3, -0.25) is 9.69 Å². The Balaban J connectivity index is 1.89. The Morgan fingerprint density at radius 2 is 2.09 bits per heavy atom. The number of ether oxygens (including phenoxy) is 1. The maximum Gasteiger partial charge on any atom is 0.410 e. The third kappa shape index (κ3) is 4.23. The van der Waals surface area contributed by atoms with E-state index in [1.807, 2.05) is 44.2 Å². The molecule has 0 bridgehead atoms. The molecule has 120 valence electrons. The molecule has 1 aliphatic heterocycles. The minimum Gasteiger partial charge on any atom is -0.445 e. The standard InChI is InChI=1S/C17H24N2O3/c1-3-13(2)18-16(20)15-10-7-11-19(15)17(21)22-12-14-8-5-4-6-9-14/h4-6,8-9,13,15H,3,7,10-12H2,1-2H3,(H,18,20)/t13-,15-/m0/s1. The van der Waals surface area contributed by atoms with Gasteiger partial charge in [-0.2, -0.15) is 0 Å². The van der Waals surface area contributed by atoms with Crippen LogP contribution < -0.4 is 5.32 Å². The molecule has 0 radical (unpaired) electrons. The van der Waals surface area contributed by atoms with Crippen molar-refractivity contribution in [2.24, 2.45) is 0 Å². The van der Waals surface area contributed by atoms with Gasteiger partial charge in [0.25, 0.3) is 0 Å². The van der Waals surface area contributed by atoms with Gasteiger partial charge in [0.2, 0.25) is 5.91 Å². The van der Waals surface area contributed by atoms with Crippen LogP contribution >= 0.6 is 0 Å². The number of rotatable bonds is 5. The van der Waals surface area contributed by atoms with Gasteiger partial charge in [-0.15, -0.1) is 0 Å². The van der Waals surface area contributed by atoms with E-state index in [1.54, 1.807) is 4.90 Å². The van der Waals surface area contributed by atoms with Crippen molar-refractivity contribution in [2.75, 3.05) is 6.54 Å². The van der Waals surface area contributed by atoms with Crippen LogP contribution in [0.3, 0.4) is 0 Å². The zero-order chi connectivity index (χ0) is 15.9. The molecular weight excluding hydrogens is 280 g/mol. The van der Waals surface area contributed by atoms with Crippen LogP contribution in [-0.2, 0) is 16.1 Å². The van der Waals surface area contributed by atoms with Gasteiger partial charge < -0.3 is 10.1 Å². The average Bonchev–Trinajstić information content (AvgIpc) is 3.03. The lowest BCUT2D eigenvalue weighted by Crippen LogP contribution is -2.48. The van der Waals surface area contributed by atoms with E-state index < -0.39 is 12.1 Å². The molecule has 1 N–H and O–H groups in total.